The van der Waals surface area contributed by atoms with Crippen LogP contribution in [0.4, 0.5) is 0 Å². The molecule has 2 aliphatic heterocycles. The Hall–Kier alpha value is -0.910. The first-order valence-corrected chi connectivity index (χ1v) is 5.75. The second-order valence-corrected chi connectivity index (χ2v) is 4.42. The van der Waals surface area contributed by atoms with Crippen molar-refractivity contribution in [2.45, 2.75) is 25.2 Å². The summed E-state index contributed by atoms with van der Waals surface area (Å²) in [6, 6.07) is 0. The summed E-state index contributed by atoms with van der Waals surface area (Å²) < 4.78 is 16.2. The molecule has 5 heteroatoms. The van der Waals surface area contributed by atoms with Gasteiger partial charge in [0, 0.05) is 38.0 Å². The van der Waals surface area contributed by atoms with Gasteiger partial charge in [0.05, 0.1) is 19.4 Å². The van der Waals surface area contributed by atoms with Crippen LogP contribution in [-0.4, -0.2) is 42.1 Å². The van der Waals surface area contributed by atoms with Gasteiger partial charge < -0.3 is 14.0 Å². The highest BCUT2D eigenvalue weighted by Gasteiger charge is 2.39. The molecule has 0 bridgehead atoms. The van der Waals surface area contributed by atoms with E-state index < -0.39 is 0 Å². The fourth-order valence-electron chi connectivity index (χ4n) is 2.40. The van der Waals surface area contributed by atoms with Crippen LogP contribution in [0.1, 0.15) is 18.4 Å². The Bertz CT molecular complexity index is 323. The van der Waals surface area contributed by atoms with Gasteiger partial charge in [-0.05, 0) is 0 Å². The Morgan fingerprint density at radius 3 is 2.62 bits per heavy atom. The van der Waals surface area contributed by atoms with Crippen LogP contribution in [0.5, 0.6) is 0 Å². The van der Waals surface area contributed by atoms with Crippen molar-refractivity contribution in [3.8, 4) is 0 Å². The summed E-state index contributed by atoms with van der Waals surface area (Å²) in [6.45, 7) is 4.40. The minimum Gasteiger partial charge on any atom is -0.364 e. The van der Waals surface area contributed by atoms with E-state index >= 15 is 0 Å². The average molecular weight is 224 g/mol. The predicted octanol–water partition coefficient (Wildman–Crippen LogP) is 1.01. The van der Waals surface area contributed by atoms with Crippen molar-refractivity contribution < 1.29 is 14.0 Å². The van der Waals surface area contributed by atoms with Gasteiger partial charge in [-0.2, -0.15) is 0 Å². The lowest BCUT2D eigenvalue weighted by Crippen LogP contribution is -2.44. The van der Waals surface area contributed by atoms with E-state index in [-0.39, 0.29) is 5.79 Å². The van der Waals surface area contributed by atoms with E-state index in [4.69, 9.17) is 14.0 Å². The molecule has 0 unspecified atom stereocenters. The van der Waals surface area contributed by atoms with Crippen LogP contribution in [0.2, 0.25) is 0 Å². The Balaban J connectivity index is 1.54. The Kier molecular flexibility index (Phi) is 2.67. The molecule has 2 fully saturated rings. The predicted molar refractivity (Wildman–Crippen MR) is 55.6 cm³/mol. The smallest absolute Gasteiger partial charge is 0.170 e. The Morgan fingerprint density at radius 1 is 1.25 bits per heavy atom. The van der Waals surface area contributed by atoms with Gasteiger partial charge in [-0.15, -0.1) is 0 Å². The monoisotopic (exact) mass is 224 g/mol. The van der Waals surface area contributed by atoms with E-state index in [0.717, 1.165) is 51.3 Å². The van der Waals surface area contributed by atoms with Crippen LogP contribution in [0.25, 0.3) is 0 Å². The molecule has 0 atom stereocenters. The number of likely N-dealkylation sites (tertiary alicyclic amines) is 1. The highest BCUT2D eigenvalue weighted by atomic mass is 16.7. The average Bonchev–Trinajstić information content (AvgIpc) is 2.94. The third kappa shape index (κ3) is 1.98. The van der Waals surface area contributed by atoms with Gasteiger partial charge in [0.2, 0.25) is 0 Å². The number of nitrogens with zero attached hydrogens (tertiary/aromatic N) is 2. The van der Waals surface area contributed by atoms with Crippen molar-refractivity contribution in [3.05, 3.63) is 18.0 Å². The van der Waals surface area contributed by atoms with Gasteiger partial charge in [0.15, 0.2) is 5.79 Å². The number of piperidine rings is 1. The quantitative estimate of drug-likeness (QED) is 0.750. The minimum absolute atomic E-state index is 0.273. The highest BCUT2D eigenvalue weighted by Crippen LogP contribution is 2.31. The summed E-state index contributed by atoms with van der Waals surface area (Å²) in [5.41, 5.74) is 1.13. The molecule has 88 valence electrons. The first-order valence-electron chi connectivity index (χ1n) is 5.75. The molecule has 3 heterocycles. The van der Waals surface area contributed by atoms with Crippen molar-refractivity contribution in [3.63, 3.8) is 0 Å². The van der Waals surface area contributed by atoms with E-state index in [9.17, 15) is 0 Å². The zero-order valence-electron chi connectivity index (χ0n) is 9.22. The molecular weight excluding hydrogens is 208 g/mol. The zero-order chi connectivity index (χ0) is 10.8. The molecule has 16 heavy (non-hydrogen) atoms. The Morgan fingerprint density at radius 2 is 2.00 bits per heavy atom. The van der Waals surface area contributed by atoms with Gasteiger partial charge in [-0.25, -0.2) is 0 Å². The minimum atomic E-state index is -0.273. The molecule has 0 aliphatic carbocycles. The van der Waals surface area contributed by atoms with Crippen LogP contribution < -0.4 is 0 Å². The summed E-state index contributed by atoms with van der Waals surface area (Å²) in [5.74, 6) is -0.273. The first-order chi connectivity index (χ1) is 7.86. The summed E-state index contributed by atoms with van der Waals surface area (Å²) in [7, 11) is 0. The van der Waals surface area contributed by atoms with E-state index in [0.29, 0.717) is 0 Å². The van der Waals surface area contributed by atoms with Crippen LogP contribution in [0.15, 0.2) is 17.0 Å². The molecule has 2 saturated heterocycles. The standard InChI is InChI=1S/C11H16N2O3/c1-3-13(8-10-7-12-16-9-10)4-2-11(1)14-5-6-15-11/h7,9H,1-6,8H2. The number of hydrogen-bond donors (Lipinski definition) is 0. The van der Waals surface area contributed by atoms with Crippen molar-refractivity contribution in [1.82, 2.24) is 10.1 Å². The lowest BCUT2D eigenvalue weighted by molar-refractivity contribution is -0.185. The number of ether oxygens (including phenoxy) is 2. The molecule has 0 N–H and O–H groups in total. The maximum atomic E-state index is 5.69. The van der Waals surface area contributed by atoms with Gasteiger partial charge in [-0.3, -0.25) is 4.90 Å². The first kappa shape index (κ1) is 10.3. The fraction of sp³-hybridized carbons (Fsp3) is 0.727. The molecule has 1 spiro atoms. The summed E-state index contributed by atoms with van der Waals surface area (Å²) in [6.07, 6.45) is 5.39. The maximum absolute atomic E-state index is 5.69. The van der Waals surface area contributed by atoms with Crippen molar-refractivity contribution in [2.75, 3.05) is 26.3 Å². The molecule has 1 aromatic rings. The van der Waals surface area contributed by atoms with E-state index in [1.54, 1.807) is 12.5 Å². The summed E-state index contributed by atoms with van der Waals surface area (Å²) in [5, 5.41) is 3.71. The molecular formula is C11H16N2O3. The van der Waals surface area contributed by atoms with Crippen LogP contribution in [0.3, 0.4) is 0 Å². The molecule has 0 radical (unpaired) electrons. The Labute approximate surface area is 94.3 Å². The third-order valence-corrected chi connectivity index (χ3v) is 3.32. The van der Waals surface area contributed by atoms with E-state index in [1.807, 2.05) is 0 Å². The molecule has 1 aromatic heterocycles. The lowest BCUT2D eigenvalue weighted by Gasteiger charge is -2.37. The fourth-order valence-corrected chi connectivity index (χ4v) is 2.40. The normalized spacial score (nSPS) is 25.2. The zero-order valence-corrected chi connectivity index (χ0v) is 9.22. The molecule has 3 rings (SSSR count). The van der Waals surface area contributed by atoms with E-state index in [2.05, 4.69) is 10.1 Å². The third-order valence-electron chi connectivity index (χ3n) is 3.32. The van der Waals surface area contributed by atoms with Gasteiger partial charge >= 0.3 is 0 Å². The molecule has 0 amide bonds. The largest absolute Gasteiger partial charge is 0.364 e. The lowest BCUT2D eigenvalue weighted by atomic mass is 10.0. The molecule has 0 saturated carbocycles. The summed E-state index contributed by atoms with van der Waals surface area (Å²) >= 11 is 0. The summed E-state index contributed by atoms with van der Waals surface area (Å²) in [4.78, 5) is 2.38. The topological polar surface area (TPSA) is 47.7 Å². The van der Waals surface area contributed by atoms with Crippen molar-refractivity contribution >= 4 is 0 Å². The van der Waals surface area contributed by atoms with Gasteiger partial charge in [0.1, 0.15) is 6.26 Å². The number of hydrogen-bond acceptors (Lipinski definition) is 5. The molecule has 2 aliphatic rings. The SMILES string of the molecule is c1nocc1CN1CCC2(CC1)OCCO2. The van der Waals surface area contributed by atoms with Gasteiger partial charge in [0.25, 0.3) is 0 Å². The second kappa shape index (κ2) is 4.16. The molecule has 5 nitrogen and oxygen atoms in total. The second-order valence-electron chi connectivity index (χ2n) is 4.42. The number of aromatic nitrogens is 1. The van der Waals surface area contributed by atoms with Crippen LogP contribution in [-0.2, 0) is 16.0 Å². The molecule has 0 aromatic carbocycles. The van der Waals surface area contributed by atoms with E-state index in [1.165, 1.54) is 0 Å². The van der Waals surface area contributed by atoms with Gasteiger partial charge in [-0.1, -0.05) is 5.16 Å². The maximum Gasteiger partial charge on any atom is 0.170 e. The van der Waals surface area contributed by atoms with Crippen molar-refractivity contribution in [1.29, 1.82) is 0 Å². The highest BCUT2D eigenvalue weighted by molar-refractivity contribution is 5.00. The number of rotatable bonds is 2. The van der Waals surface area contributed by atoms with Crippen LogP contribution >= 0.6 is 0 Å². The van der Waals surface area contributed by atoms with Crippen molar-refractivity contribution in [2.24, 2.45) is 0 Å². The van der Waals surface area contributed by atoms with Crippen LogP contribution in [0, 0.1) is 0 Å².